The van der Waals surface area contributed by atoms with Gasteiger partial charge in [0.1, 0.15) is 70.5 Å². The van der Waals surface area contributed by atoms with E-state index < -0.39 is 23.5 Å². The topological polar surface area (TPSA) is 182 Å². The van der Waals surface area contributed by atoms with Crippen molar-refractivity contribution in [2.45, 2.75) is 116 Å². The molecule has 3 N–H and O–H groups in total. The van der Waals surface area contributed by atoms with Crippen molar-refractivity contribution in [1.29, 1.82) is 0 Å². The molecule has 0 aliphatic carbocycles. The monoisotopic (exact) mass is 1130 g/mol. The van der Waals surface area contributed by atoms with Crippen molar-refractivity contribution in [1.82, 2.24) is 45.5 Å². The van der Waals surface area contributed by atoms with E-state index in [4.69, 9.17) is 29.2 Å². The number of aryl methyl sites for hydroxylation is 1. The summed E-state index contributed by atoms with van der Waals surface area (Å²) in [5.74, 6) is -1.85. The molecule has 432 valence electrons. The molecule has 5 unspecified atom stereocenters. The van der Waals surface area contributed by atoms with Crippen LogP contribution in [-0.2, 0) is 27.4 Å². The SMILES string of the molecule is CC(NC(=O)C1CCCN1C=O)c1ccc(-c2c(F)cc(F)cc2F)cc1.CCc1c(F)ccc2cc(O)cc(-c3ncc4c(N5CC6CC5CN6)nc(OC5CCOCC5)nc4c3OCc3ccc(-c4cn(C(C)C(C)C)nn4)cc3)c12. The smallest absolute Gasteiger partial charge is 0.319 e. The number of anilines is 1. The van der Waals surface area contributed by atoms with Crippen LogP contribution in [0.5, 0.6) is 17.5 Å². The first-order valence-electron chi connectivity index (χ1n) is 28.4. The Morgan fingerprint density at radius 2 is 1.66 bits per heavy atom. The first-order chi connectivity index (χ1) is 40.1. The Bertz CT molecular complexity index is 3650. The normalized spacial score (nSPS) is 18.6. The van der Waals surface area contributed by atoms with Crippen LogP contribution in [0.4, 0.5) is 23.4 Å². The molecule has 5 atom stereocenters. The van der Waals surface area contributed by atoms with Gasteiger partial charge in [-0.2, -0.15) is 9.97 Å². The lowest BCUT2D eigenvalue weighted by Crippen LogP contribution is -2.44. The van der Waals surface area contributed by atoms with Crippen LogP contribution in [0.15, 0.2) is 97.3 Å². The largest absolute Gasteiger partial charge is 0.508 e. The van der Waals surface area contributed by atoms with Crippen molar-refractivity contribution in [3.05, 3.63) is 137 Å². The number of ether oxygens (including phenoxy) is 3. The summed E-state index contributed by atoms with van der Waals surface area (Å²) in [7, 11) is 0. The number of pyridine rings is 1. The van der Waals surface area contributed by atoms with E-state index in [2.05, 4.69) is 46.6 Å². The lowest BCUT2D eigenvalue weighted by molar-refractivity contribution is -0.131. The number of phenols is 1. The van der Waals surface area contributed by atoms with Gasteiger partial charge in [-0.3, -0.25) is 14.6 Å². The second kappa shape index (κ2) is 24.3. The number of carbonyl (C=O) groups is 2. The van der Waals surface area contributed by atoms with E-state index in [-0.39, 0.29) is 65.4 Å². The number of fused-ring (bicyclic) bond motifs is 4. The number of aromatic nitrogens is 6. The average molecular weight is 1140 g/mol. The number of hydrogen-bond acceptors (Lipinski definition) is 13. The molecule has 3 aromatic heterocycles. The lowest BCUT2D eigenvalue weighted by Gasteiger charge is -2.30. The molecule has 4 aliphatic heterocycles. The molecule has 20 heteroatoms. The molecule has 7 heterocycles. The second-order valence-corrected chi connectivity index (χ2v) is 22.2. The predicted octanol–water partition coefficient (Wildman–Crippen LogP) is 11.0. The summed E-state index contributed by atoms with van der Waals surface area (Å²) in [6, 6.07) is 22.4. The van der Waals surface area contributed by atoms with Crippen molar-refractivity contribution in [2.75, 3.05) is 37.7 Å². The fourth-order valence-electron chi connectivity index (χ4n) is 11.6. The van der Waals surface area contributed by atoms with E-state index >= 15 is 4.39 Å². The van der Waals surface area contributed by atoms with E-state index in [0.717, 1.165) is 72.4 Å². The van der Waals surface area contributed by atoms with Crippen LogP contribution < -0.4 is 25.0 Å². The fraction of sp³-hybridized carbons (Fsp3) is 0.381. The molecule has 83 heavy (non-hydrogen) atoms. The highest BCUT2D eigenvalue weighted by atomic mass is 19.1. The van der Waals surface area contributed by atoms with Gasteiger partial charge in [0.15, 0.2) is 5.75 Å². The number of nitrogens with zero attached hydrogens (tertiary/aromatic N) is 8. The van der Waals surface area contributed by atoms with Gasteiger partial charge in [0.05, 0.1) is 42.4 Å². The van der Waals surface area contributed by atoms with Crippen LogP contribution in [0.25, 0.3) is 55.3 Å². The predicted molar refractivity (Wildman–Crippen MR) is 307 cm³/mol. The maximum absolute atomic E-state index is 15.5. The third kappa shape index (κ3) is 11.9. The maximum atomic E-state index is 15.5. The van der Waals surface area contributed by atoms with Gasteiger partial charge in [-0.1, -0.05) is 80.6 Å². The molecule has 5 aromatic carbocycles. The van der Waals surface area contributed by atoms with Crippen molar-refractivity contribution < 1.29 is 46.5 Å². The zero-order chi connectivity index (χ0) is 58.1. The molecule has 0 radical (unpaired) electrons. The molecular formula is C63H66F4N10O6. The highest BCUT2D eigenvalue weighted by Gasteiger charge is 2.40. The van der Waals surface area contributed by atoms with Crippen LogP contribution in [0, 0.1) is 29.2 Å². The van der Waals surface area contributed by atoms with Gasteiger partial charge in [-0.15, -0.1) is 5.10 Å². The lowest BCUT2D eigenvalue weighted by atomic mass is 9.94. The number of carbonyl (C=O) groups excluding carboxylic acids is 2. The molecule has 2 amide bonds. The maximum Gasteiger partial charge on any atom is 0.319 e. The molecule has 12 rings (SSSR count). The third-order valence-electron chi connectivity index (χ3n) is 16.5. The first-order valence-corrected chi connectivity index (χ1v) is 28.4. The van der Waals surface area contributed by atoms with Gasteiger partial charge in [0.2, 0.25) is 12.3 Å². The van der Waals surface area contributed by atoms with Crippen LogP contribution in [0.3, 0.4) is 0 Å². The van der Waals surface area contributed by atoms with E-state index in [0.29, 0.717) is 102 Å². The molecule has 16 nitrogen and oxygen atoms in total. The third-order valence-corrected chi connectivity index (χ3v) is 16.5. The minimum absolute atomic E-state index is 0.0387. The van der Waals surface area contributed by atoms with E-state index in [1.807, 2.05) is 42.1 Å². The molecule has 0 saturated carbocycles. The minimum atomic E-state index is -0.975. The molecule has 8 aromatic rings. The summed E-state index contributed by atoms with van der Waals surface area (Å²) >= 11 is 0. The van der Waals surface area contributed by atoms with Crippen molar-refractivity contribution in [3.8, 4) is 51.2 Å². The Morgan fingerprint density at radius 3 is 2.35 bits per heavy atom. The number of piperazine rings is 1. The van der Waals surface area contributed by atoms with Crippen molar-refractivity contribution in [3.63, 3.8) is 0 Å². The Morgan fingerprint density at radius 1 is 0.916 bits per heavy atom. The van der Waals surface area contributed by atoms with Gasteiger partial charge in [0, 0.05) is 74.0 Å². The Hall–Kier alpha value is -8.23. The highest BCUT2D eigenvalue weighted by molar-refractivity contribution is 6.04. The quantitative estimate of drug-likeness (QED) is 0.0615. The van der Waals surface area contributed by atoms with Crippen LogP contribution >= 0.6 is 0 Å². The van der Waals surface area contributed by atoms with E-state index in [1.54, 1.807) is 43.5 Å². The van der Waals surface area contributed by atoms with Gasteiger partial charge in [-0.05, 0) is 96.7 Å². The van der Waals surface area contributed by atoms with Crippen molar-refractivity contribution >= 4 is 39.8 Å². The summed E-state index contributed by atoms with van der Waals surface area (Å²) in [6.45, 7) is 13.8. The number of halogens is 4. The first kappa shape index (κ1) is 56.6. The Labute approximate surface area is 478 Å². The number of hydrogen-bond donors (Lipinski definition) is 3. The van der Waals surface area contributed by atoms with Crippen LogP contribution in [-0.4, -0.2) is 109 Å². The number of aromatic hydroxyl groups is 1. The summed E-state index contributed by atoms with van der Waals surface area (Å²) in [5, 5.41) is 28.4. The van der Waals surface area contributed by atoms with Gasteiger partial charge < -0.3 is 39.8 Å². The molecule has 4 saturated heterocycles. The van der Waals surface area contributed by atoms with Crippen LogP contribution in [0.2, 0.25) is 0 Å². The highest BCUT2D eigenvalue weighted by Crippen LogP contribution is 2.45. The zero-order valence-corrected chi connectivity index (χ0v) is 46.9. The number of rotatable bonds is 16. The number of likely N-dealkylation sites (tertiary alicyclic amines) is 1. The standard InChI is InChI=1S/C43H47FN8O4.C20H19F3N2O2/c1-5-33-36(44)11-10-28-16-31(53)18-34(38(28)33)39-41(55-23-26-6-8-27(9-7-26)37-22-52(50-49-37)25(4)24(2)3)40-35(20-46-39)42(51-21-29-17-30(51)19-45-29)48-43(47-40)56-32-12-14-54-15-13-32;1-12(24-20(27)18-3-2-8-25(18)11-26)13-4-6-14(7-5-13)19-16(22)9-15(21)10-17(19)23/h6-11,16,18,20,22,24-25,29-30,32,45,53H,5,12-15,17,19,21,23H2,1-4H3;4-7,9-12,18H,2-3,8H2,1H3,(H,24,27). The van der Waals surface area contributed by atoms with Gasteiger partial charge in [-0.25, -0.2) is 22.2 Å². The number of benzene rings is 5. The second-order valence-electron chi connectivity index (χ2n) is 22.2. The van der Waals surface area contributed by atoms with Crippen LogP contribution in [0.1, 0.15) is 95.5 Å². The molecule has 0 spiro atoms. The zero-order valence-electron chi connectivity index (χ0n) is 46.9. The van der Waals surface area contributed by atoms with E-state index in [1.165, 1.54) is 23.1 Å². The fourth-order valence-corrected chi connectivity index (χ4v) is 11.6. The van der Waals surface area contributed by atoms with Gasteiger partial charge in [0.25, 0.3) is 0 Å². The minimum Gasteiger partial charge on any atom is -0.508 e. The Balaban J connectivity index is 0.000000224. The summed E-state index contributed by atoms with van der Waals surface area (Å²) in [5.41, 5.74) is 5.45. The van der Waals surface area contributed by atoms with Gasteiger partial charge >= 0.3 is 6.01 Å². The number of nitrogens with one attached hydrogen (secondary N) is 2. The summed E-state index contributed by atoms with van der Waals surface area (Å²) in [4.78, 5) is 42.3. The molecule has 4 fully saturated rings. The molecule has 4 aliphatic rings. The molecule has 2 bridgehead atoms. The van der Waals surface area contributed by atoms with E-state index in [9.17, 15) is 27.9 Å². The average Bonchev–Trinajstić information content (AvgIpc) is 4.32. The summed E-state index contributed by atoms with van der Waals surface area (Å²) in [6.07, 6.45) is 8.73. The Kier molecular flexibility index (Phi) is 16.6. The number of amides is 2. The van der Waals surface area contributed by atoms with Crippen molar-refractivity contribution in [2.24, 2.45) is 5.92 Å². The molecular weight excluding hydrogens is 1070 g/mol. The number of phenolic OH excluding ortho intramolecular Hbond substituents is 1. The summed E-state index contributed by atoms with van der Waals surface area (Å²) < 4.78 is 77.2.